The van der Waals surface area contributed by atoms with E-state index in [2.05, 4.69) is 9.80 Å². The van der Waals surface area contributed by atoms with Crippen LogP contribution in [0.4, 0.5) is 0 Å². The van der Waals surface area contributed by atoms with E-state index in [0.717, 1.165) is 51.1 Å². The van der Waals surface area contributed by atoms with Crippen LogP contribution < -0.4 is 0 Å². The van der Waals surface area contributed by atoms with E-state index in [9.17, 15) is 9.59 Å². The Morgan fingerprint density at radius 1 is 0.886 bits per heavy atom. The second-order valence-electron chi connectivity index (χ2n) is 12.6. The van der Waals surface area contributed by atoms with Gasteiger partial charge in [0.1, 0.15) is 5.60 Å². The number of likely N-dealkylation sites (tertiary alicyclic amines) is 2. The van der Waals surface area contributed by atoms with Gasteiger partial charge in [0.25, 0.3) is 5.91 Å². The minimum atomic E-state index is -0.782. The third-order valence-corrected chi connectivity index (χ3v) is 11.3. The summed E-state index contributed by atoms with van der Waals surface area (Å²) in [6.07, 6.45) is 6.77. The van der Waals surface area contributed by atoms with E-state index in [4.69, 9.17) is 51.1 Å². The highest BCUT2D eigenvalue weighted by molar-refractivity contribution is 6.44. The van der Waals surface area contributed by atoms with Gasteiger partial charge in [0.15, 0.2) is 0 Å². The maximum absolute atomic E-state index is 13.7. The molecule has 5 rings (SSSR count). The highest BCUT2D eigenvalue weighted by atomic mass is 35.5. The molecule has 0 radical (unpaired) electrons. The van der Waals surface area contributed by atoms with Gasteiger partial charge in [-0.25, -0.2) is 0 Å². The molecule has 44 heavy (non-hydrogen) atoms. The molecule has 1 unspecified atom stereocenters. The number of halogens is 4. The molecule has 3 fully saturated rings. The number of benzene rings is 2. The predicted molar refractivity (Wildman–Crippen MR) is 178 cm³/mol. The number of hydrogen-bond acceptors (Lipinski definition) is 5. The van der Waals surface area contributed by atoms with Crippen LogP contribution in [0.1, 0.15) is 60.9 Å². The fourth-order valence-corrected chi connectivity index (χ4v) is 7.67. The van der Waals surface area contributed by atoms with Crippen molar-refractivity contribution < 1.29 is 14.3 Å². The maximum Gasteiger partial charge on any atom is 0.255 e. The molecular formula is C33H42Cl4N4O3. The largest absolute Gasteiger partial charge is 0.367 e. The Bertz CT molecular complexity index is 1340. The number of nitrogens with zero attached hydrogens (tertiary/aromatic N) is 4. The van der Waals surface area contributed by atoms with E-state index in [-0.39, 0.29) is 22.4 Å². The summed E-state index contributed by atoms with van der Waals surface area (Å²) in [7, 11) is 3.70. The molecule has 3 heterocycles. The second-order valence-corrected chi connectivity index (χ2v) is 14.2. The van der Waals surface area contributed by atoms with Crippen molar-refractivity contribution in [2.45, 2.75) is 56.1 Å². The molecule has 2 aromatic rings. The van der Waals surface area contributed by atoms with E-state index in [1.54, 1.807) is 34.1 Å². The zero-order chi connectivity index (χ0) is 31.5. The van der Waals surface area contributed by atoms with Gasteiger partial charge in [0, 0.05) is 39.1 Å². The van der Waals surface area contributed by atoms with Gasteiger partial charge in [-0.1, -0.05) is 65.0 Å². The first kappa shape index (κ1) is 33.8. The van der Waals surface area contributed by atoms with Crippen molar-refractivity contribution >= 4 is 58.2 Å². The van der Waals surface area contributed by atoms with E-state index >= 15 is 0 Å². The van der Waals surface area contributed by atoms with E-state index in [0.29, 0.717) is 53.2 Å². The SMILES string of the molecule is CN(C)C(=O)CC1(N2CCCCC2)CCN(CCC2(c3ccc(Cl)c(Cl)c3)CN(C(=O)c3cccc(Cl)c3Cl)CCO2)CC1. The smallest absolute Gasteiger partial charge is 0.255 e. The minimum Gasteiger partial charge on any atom is -0.367 e. The second kappa shape index (κ2) is 14.5. The molecule has 7 nitrogen and oxygen atoms in total. The summed E-state index contributed by atoms with van der Waals surface area (Å²) in [5, 5.41) is 1.52. The van der Waals surface area contributed by atoms with Crippen molar-refractivity contribution in [1.82, 2.24) is 19.6 Å². The molecule has 1 atom stereocenters. The van der Waals surface area contributed by atoms with Crippen LogP contribution in [0, 0.1) is 0 Å². The molecule has 3 saturated heterocycles. The zero-order valence-electron chi connectivity index (χ0n) is 25.6. The molecule has 3 aliphatic heterocycles. The Kier molecular flexibility index (Phi) is 11.1. The van der Waals surface area contributed by atoms with Crippen molar-refractivity contribution in [2.75, 3.05) is 66.5 Å². The quantitative estimate of drug-likeness (QED) is 0.305. The lowest BCUT2D eigenvalue weighted by atomic mass is 9.80. The number of carbonyl (C=O) groups excluding carboxylic acids is 2. The van der Waals surface area contributed by atoms with Crippen LogP contribution in [0.2, 0.25) is 20.1 Å². The standard InChI is InChI=1S/C33H42Cl4N4O3/c1-38(2)29(42)22-32(41-14-4-3-5-15-41)11-16-39(17-12-32)18-13-33(24-9-10-26(34)28(36)21-24)23-40(19-20-44-33)31(43)25-7-6-8-27(35)30(25)37/h6-10,21H,3-5,11-20,22-23H2,1-2H3. The van der Waals surface area contributed by atoms with Gasteiger partial charge in [0.2, 0.25) is 5.91 Å². The van der Waals surface area contributed by atoms with Gasteiger partial charge in [-0.3, -0.25) is 14.5 Å². The summed E-state index contributed by atoms with van der Waals surface area (Å²) < 4.78 is 6.58. The average Bonchev–Trinajstić information content (AvgIpc) is 3.03. The van der Waals surface area contributed by atoms with Gasteiger partial charge in [-0.2, -0.15) is 0 Å². The number of ether oxygens (including phenoxy) is 1. The number of piperidine rings is 2. The van der Waals surface area contributed by atoms with Crippen LogP contribution in [0.3, 0.4) is 0 Å². The molecule has 0 bridgehead atoms. The van der Waals surface area contributed by atoms with Crippen molar-refractivity contribution in [3.8, 4) is 0 Å². The molecule has 11 heteroatoms. The monoisotopic (exact) mass is 682 g/mol. The molecule has 2 aromatic carbocycles. The molecular weight excluding hydrogens is 642 g/mol. The lowest BCUT2D eigenvalue weighted by molar-refractivity contribution is -0.134. The first-order valence-corrected chi connectivity index (χ1v) is 17.1. The molecule has 0 N–H and O–H groups in total. The lowest BCUT2D eigenvalue weighted by Crippen LogP contribution is -2.59. The van der Waals surface area contributed by atoms with Crippen molar-refractivity contribution in [3.05, 3.63) is 67.6 Å². The zero-order valence-corrected chi connectivity index (χ0v) is 28.6. The van der Waals surface area contributed by atoms with Crippen LogP contribution in [0.15, 0.2) is 36.4 Å². The molecule has 2 amide bonds. The van der Waals surface area contributed by atoms with Gasteiger partial charge >= 0.3 is 0 Å². The number of hydrogen-bond donors (Lipinski definition) is 0. The normalized spacial score (nSPS) is 23.0. The van der Waals surface area contributed by atoms with Crippen LogP contribution in [-0.2, 0) is 15.1 Å². The number of rotatable bonds is 8. The Balaban J connectivity index is 1.34. The molecule has 0 saturated carbocycles. The van der Waals surface area contributed by atoms with Gasteiger partial charge < -0.3 is 19.4 Å². The molecule has 240 valence electrons. The fraction of sp³-hybridized carbons (Fsp3) is 0.576. The predicted octanol–water partition coefficient (Wildman–Crippen LogP) is 6.86. The van der Waals surface area contributed by atoms with Crippen LogP contribution in [0.25, 0.3) is 0 Å². The Labute approximate surface area is 281 Å². The first-order valence-electron chi connectivity index (χ1n) is 15.5. The first-order chi connectivity index (χ1) is 21.0. The number of carbonyl (C=O) groups is 2. The summed E-state index contributed by atoms with van der Waals surface area (Å²) in [5.74, 6) is 0.0165. The van der Waals surface area contributed by atoms with Gasteiger partial charge in [-0.15, -0.1) is 0 Å². The molecule has 3 aliphatic rings. The van der Waals surface area contributed by atoms with E-state index in [1.807, 2.05) is 26.2 Å². The summed E-state index contributed by atoms with van der Waals surface area (Å²) in [6, 6.07) is 10.7. The Morgan fingerprint density at radius 3 is 2.30 bits per heavy atom. The summed E-state index contributed by atoms with van der Waals surface area (Å²) in [6.45, 7) is 5.85. The summed E-state index contributed by atoms with van der Waals surface area (Å²) in [4.78, 5) is 35.3. The van der Waals surface area contributed by atoms with Gasteiger partial charge in [0.05, 0.1) is 38.8 Å². The summed E-state index contributed by atoms with van der Waals surface area (Å²) >= 11 is 25.5. The number of morpholine rings is 1. The summed E-state index contributed by atoms with van der Waals surface area (Å²) in [5.41, 5.74) is 0.384. The molecule has 0 aromatic heterocycles. The fourth-order valence-electron chi connectivity index (χ4n) is 6.99. The highest BCUT2D eigenvalue weighted by Gasteiger charge is 2.44. The lowest BCUT2D eigenvalue weighted by Gasteiger charge is -2.51. The van der Waals surface area contributed by atoms with E-state index < -0.39 is 5.60 Å². The number of amides is 2. The molecule has 0 aliphatic carbocycles. The van der Waals surface area contributed by atoms with Crippen molar-refractivity contribution in [3.63, 3.8) is 0 Å². The van der Waals surface area contributed by atoms with Crippen LogP contribution in [0.5, 0.6) is 0 Å². The third-order valence-electron chi connectivity index (χ3n) is 9.73. The highest BCUT2D eigenvalue weighted by Crippen LogP contribution is 2.40. The van der Waals surface area contributed by atoms with Crippen LogP contribution in [-0.4, -0.2) is 103 Å². The van der Waals surface area contributed by atoms with Crippen molar-refractivity contribution in [2.24, 2.45) is 0 Å². The van der Waals surface area contributed by atoms with E-state index in [1.165, 1.54) is 19.3 Å². The van der Waals surface area contributed by atoms with Crippen molar-refractivity contribution in [1.29, 1.82) is 0 Å². The topological polar surface area (TPSA) is 56.3 Å². The third kappa shape index (κ3) is 7.35. The van der Waals surface area contributed by atoms with Gasteiger partial charge in [-0.05, 0) is 88.1 Å². The Hall–Kier alpha value is -1.58. The minimum absolute atomic E-state index is 0.0968. The maximum atomic E-state index is 13.7. The molecule has 0 spiro atoms. The average molecular weight is 685 g/mol. The Morgan fingerprint density at radius 2 is 1.61 bits per heavy atom. The van der Waals surface area contributed by atoms with Crippen LogP contribution >= 0.6 is 46.4 Å².